The summed E-state index contributed by atoms with van der Waals surface area (Å²) in [4.78, 5) is 14.9. The molecule has 138 valence electrons. The molecule has 3 heterocycles. The minimum absolute atomic E-state index is 0.0402. The van der Waals surface area contributed by atoms with Gasteiger partial charge in [-0.25, -0.2) is 0 Å². The van der Waals surface area contributed by atoms with Gasteiger partial charge in [-0.1, -0.05) is 25.0 Å². The van der Waals surface area contributed by atoms with Crippen molar-refractivity contribution in [1.29, 1.82) is 0 Å². The Hall–Kier alpha value is -1.47. The van der Waals surface area contributed by atoms with E-state index in [1.165, 1.54) is 0 Å². The molecular weight excluding hydrogens is 320 g/mol. The van der Waals surface area contributed by atoms with Gasteiger partial charge in [-0.2, -0.15) is 0 Å². The zero-order valence-electron chi connectivity index (χ0n) is 14.9. The molecular formula is C18H28N4O3. The Bertz CT molecular complexity index is 628. The van der Waals surface area contributed by atoms with Crippen molar-refractivity contribution in [3.63, 3.8) is 0 Å². The summed E-state index contributed by atoms with van der Waals surface area (Å²) in [7, 11) is 0. The number of carbonyl (C=O) groups excluding carboxylic acids is 1. The topological polar surface area (TPSA) is 80.5 Å². The zero-order valence-corrected chi connectivity index (χ0v) is 14.9. The minimum atomic E-state index is -0.276. The second-order valence-corrected chi connectivity index (χ2v) is 8.33. The molecule has 4 rings (SSSR count). The van der Waals surface area contributed by atoms with Crippen LogP contribution >= 0.6 is 0 Å². The third-order valence-corrected chi connectivity index (χ3v) is 6.04. The first-order chi connectivity index (χ1) is 12.1. The maximum absolute atomic E-state index is 13.0. The van der Waals surface area contributed by atoms with Gasteiger partial charge in [0, 0.05) is 23.9 Å². The number of aromatic nitrogens is 3. The van der Waals surface area contributed by atoms with Crippen LogP contribution < -0.4 is 0 Å². The fraction of sp³-hybridized carbons (Fsp3) is 0.833. The molecule has 25 heavy (non-hydrogen) atoms. The Morgan fingerprint density at radius 2 is 2.12 bits per heavy atom. The Morgan fingerprint density at radius 1 is 1.32 bits per heavy atom. The number of ether oxygens (including phenoxy) is 1. The van der Waals surface area contributed by atoms with Crippen molar-refractivity contribution >= 4 is 5.91 Å². The van der Waals surface area contributed by atoms with E-state index in [-0.39, 0.29) is 29.4 Å². The lowest BCUT2D eigenvalue weighted by molar-refractivity contribution is -0.111. The standard InChI is InChI=1S/C18H28N4O3/c1-18(11-25-12-18)10-21-9-14(19-20-21)17(24)22-8-4-6-15(22)13-5-2-3-7-16(13)23/h9,13,15-16,23H,2-8,10-12H2,1H3. The average Bonchev–Trinajstić information content (AvgIpc) is 3.22. The summed E-state index contributed by atoms with van der Waals surface area (Å²) in [5.74, 6) is 0.169. The molecule has 1 amide bonds. The zero-order chi connectivity index (χ0) is 17.4. The van der Waals surface area contributed by atoms with Crippen molar-refractivity contribution < 1.29 is 14.6 Å². The lowest BCUT2D eigenvalue weighted by atomic mass is 9.80. The van der Waals surface area contributed by atoms with Gasteiger partial charge in [0.25, 0.3) is 5.91 Å². The van der Waals surface area contributed by atoms with Gasteiger partial charge in [0.1, 0.15) is 0 Å². The minimum Gasteiger partial charge on any atom is -0.393 e. The summed E-state index contributed by atoms with van der Waals surface area (Å²) in [6, 6.07) is 0.144. The smallest absolute Gasteiger partial charge is 0.276 e. The quantitative estimate of drug-likeness (QED) is 0.891. The molecule has 1 saturated carbocycles. The number of carbonyl (C=O) groups is 1. The first-order valence-electron chi connectivity index (χ1n) is 9.53. The number of hydrogen-bond acceptors (Lipinski definition) is 5. The fourth-order valence-electron chi connectivity index (χ4n) is 4.63. The monoisotopic (exact) mass is 348 g/mol. The van der Waals surface area contributed by atoms with Crippen molar-refractivity contribution in [2.24, 2.45) is 11.3 Å². The van der Waals surface area contributed by atoms with Crippen LogP contribution in [0, 0.1) is 11.3 Å². The van der Waals surface area contributed by atoms with E-state index in [2.05, 4.69) is 17.2 Å². The second kappa shape index (κ2) is 6.68. The van der Waals surface area contributed by atoms with E-state index < -0.39 is 0 Å². The Labute approximate surface area is 148 Å². The van der Waals surface area contributed by atoms with E-state index in [9.17, 15) is 9.90 Å². The third kappa shape index (κ3) is 3.31. The van der Waals surface area contributed by atoms with Crippen LogP contribution in [0.15, 0.2) is 6.20 Å². The summed E-state index contributed by atoms with van der Waals surface area (Å²) in [6.45, 7) is 5.08. The van der Waals surface area contributed by atoms with Crippen LogP contribution in [0.2, 0.25) is 0 Å². The van der Waals surface area contributed by atoms with Crippen LogP contribution in [-0.4, -0.2) is 62.8 Å². The van der Waals surface area contributed by atoms with Crippen LogP contribution in [-0.2, 0) is 11.3 Å². The van der Waals surface area contributed by atoms with Gasteiger partial charge < -0.3 is 14.7 Å². The molecule has 7 heteroatoms. The Balaban J connectivity index is 1.45. The highest BCUT2D eigenvalue weighted by Crippen LogP contribution is 2.35. The second-order valence-electron chi connectivity index (χ2n) is 8.33. The predicted octanol–water partition coefficient (Wildman–Crippen LogP) is 1.47. The molecule has 1 aromatic heterocycles. The predicted molar refractivity (Wildman–Crippen MR) is 91.0 cm³/mol. The summed E-state index contributed by atoms with van der Waals surface area (Å²) >= 11 is 0. The van der Waals surface area contributed by atoms with Crippen molar-refractivity contribution in [2.75, 3.05) is 19.8 Å². The molecule has 3 aliphatic rings. The molecule has 0 aromatic carbocycles. The average molecular weight is 348 g/mol. The van der Waals surface area contributed by atoms with Crippen molar-refractivity contribution in [2.45, 2.75) is 64.1 Å². The van der Waals surface area contributed by atoms with E-state index in [4.69, 9.17) is 4.74 Å². The highest BCUT2D eigenvalue weighted by molar-refractivity contribution is 5.92. The molecule has 3 fully saturated rings. The van der Waals surface area contributed by atoms with E-state index >= 15 is 0 Å². The van der Waals surface area contributed by atoms with Gasteiger partial charge in [-0.3, -0.25) is 9.48 Å². The fourth-order valence-corrected chi connectivity index (χ4v) is 4.63. The van der Waals surface area contributed by atoms with Gasteiger partial charge in [-0.15, -0.1) is 5.10 Å². The summed E-state index contributed by atoms with van der Waals surface area (Å²) in [5.41, 5.74) is 0.511. The molecule has 1 aromatic rings. The molecule has 2 saturated heterocycles. The lowest BCUT2D eigenvalue weighted by Crippen LogP contribution is -2.45. The summed E-state index contributed by atoms with van der Waals surface area (Å²) < 4.78 is 7.04. The maximum atomic E-state index is 13.0. The van der Waals surface area contributed by atoms with Gasteiger partial charge in [-0.05, 0) is 25.7 Å². The lowest BCUT2D eigenvalue weighted by Gasteiger charge is -2.37. The van der Waals surface area contributed by atoms with E-state index in [1.54, 1.807) is 10.9 Å². The van der Waals surface area contributed by atoms with Gasteiger partial charge >= 0.3 is 0 Å². The number of likely N-dealkylation sites (tertiary alicyclic amines) is 1. The maximum Gasteiger partial charge on any atom is 0.276 e. The number of aliphatic hydroxyl groups is 1. The molecule has 3 unspecified atom stereocenters. The highest BCUT2D eigenvalue weighted by atomic mass is 16.5. The number of nitrogens with zero attached hydrogens (tertiary/aromatic N) is 4. The third-order valence-electron chi connectivity index (χ3n) is 6.04. The molecule has 1 aliphatic carbocycles. The summed E-state index contributed by atoms with van der Waals surface area (Å²) in [5, 5.41) is 18.6. The molecule has 2 aliphatic heterocycles. The van der Waals surface area contributed by atoms with Crippen LogP contribution in [0.25, 0.3) is 0 Å². The van der Waals surface area contributed by atoms with Crippen LogP contribution in [0.5, 0.6) is 0 Å². The van der Waals surface area contributed by atoms with E-state index in [1.807, 2.05) is 4.90 Å². The number of aliphatic hydroxyl groups excluding tert-OH is 1. The SMILES string of the molecule is CC1(Cn2cc(C(=O)N3CCCC3C3CCCCC3O)nn2)COC1. The molecule has 0 radical (unpaired) electrons. The molecule has 7 nitrogen and oxygen atoms in total. The van der Waals surface area contributed by atoms with Crippen molar-refractivity contribution in [3.05, 3.63) is 11.9 Å². The Kier molecular flexibility index (Phi) is 4.54. The highest BCUT2D eigenvalue weighted by Gasteiger charge is 2.40. The summed E-state index contributed by atoms with van der Waals surface area (Å²) in [6.07, 6.45) is 7.59. The van der Waals surface area contributed by atoms with Crippen LogP contribution in [0.4, 0.5) is 0 Å². The first kappa shape index (κ1) is 17.0. The van der Waals surface area contributed by atoms with Crippen LogP contribution in [0.3, 0.4) is 0 Å². The van der Waals surface area contributed by atoms with Gasteiger partial charge in [0.05, 0.1) is 32.1 Å². The van der Waals surface area contributed by atoms with Crippen LogP contribution in [0.1, 0.15) is 55.9 Å². The Morgan fingerprint density at radius 3 is 2.84 bits per heavy atom. The molecule has 0 bridgehead atoms. The van der Waals surface area contributed by atoms with Crippen molar-refractivity contribution in [3.8, 4) is 0 Å². The van der Waals surface area contributed by atoms with E-state index in [0.29, 0.717) is 5.69 Å². The largest absolute Gasteiger partial charge is 0.393 e. The van der Waals surface area contributed by atoms with Gasteiger partial charge in [0.15, 0.2) is 5.69 Å². The number of hydrogen-bond donors (Lipinski definition) is 1. The number of amides is 1. The van der Waals surface area contributed by atoms with Gasteiger partial charge in [0.2, 0.25) is 0 Å². The molecule has 0 spiro atoms. The molecule has 1 N–H and O–H groups in total. The number of rotatable bonds is 4. The van der Waals surface area contributed by atoms with E-state index in [0.717, 1.165) is 64.8 Å². The van der Waals surface area contributed by atoms with Crippen molar-refractivity contribution in [1.82, 2.24) is 19.9 Å². The first-order valence-corrected chi connectivity index (χ1v) is 9.53. The normalized spacial score (nSPS) is 31.8. The molecule has 3 atom stereocenters.